The number of aryl methyl sites for hydroxylation is 1. The van der Waals surface area contributed by atoms with Gasteiger partial charge in [0.25, 0.3) is 0 Å². The molecule has 0 unspecified atom stereocenters. The summed E-state index contributed by atoms with van der Waals surface area (Å²) < 4.78 is 25.9. The van der Waals surface area contributed by atoms with Crippen LogP contribution in [0.2, 0.25) is 0 Å². The third-order valence-electron chi connectivity index (χ3n) is 2.78. The second-order valence-electron chi connectivity index (χ2n) is 4.55. The Morgan fingerprint density at radius 3 is 2.47 bits per heavy atom. The van der Waals surface area contributed by atoms with Gasteiger partial charge in [-0.05, 0) is 31.4 Å². The molecule has 1 aromatic carbocycles. The Hall–Kier alpha value is -0.910. The molecular formula is C14H24N2O2S. The number of rotatable bonds is 10. The maximum Gasteiger partial charge on any atom is 0.212 e. The number of hydrogen-bond donors (Lipinski definition) is 2. The van der Waals surface area contributed by atoms with Gasteiger partial charge in [0.05, 0.1) is 5.75 Å². The van der Waals surface area contributed by atoms with Crippen LogP contribution in [-0.2, 0) is 16.4 Å². The van der Waals surface area contributed by atoms with Crippen molar-refractivity contribution in [2.75, 3.05) is 25.4 Å². The first kappa shape index (κ1) is 16.1. The van der Waals surface area contributed by atoms with E-state index in [1.165, 1.54) is 5.56 Å². The Morgan fingerprint density at radius 2 is 1.79 bits per heavy atom. The first-order chi connectivity index (χ1) is 9.14. The molecule has 0 radical (unpaired) electrons. The van der Waals surface area contributed by atoms with Gasteiger partial charge in [-0.2, -0.15) is 0 Å². The Morgan fingerprint density at radius 1 is 1.05 bits per heavy atom. The lowest BCUT2D eigenvalue weighted by Gasteiger charge is -2.07. The van der Waals surface area contributed by atoms with Gasteiger partial charge >= 0.3 is 0 Å². The monoisotopic (exact) mass is 284 g/mol. The zero-order valence-electron chi connectivity index (χ0n) is 11.6. The van der Waals surface area contributed by atoms with Crippen LogP contribution in [0, 0.1) is 0 Å². The average Bonchev–Trinajstić information content (AvgIpc) is 2.41. The predicted octanol–water partition coefficient (Wildman–Crippen LogP) is 1.54. The van der Waals surface area contributed by atoms with Gasteiger partial charge < -0.3 is 5.32 Å². The van der Waals surface area contributed by atoms with Crippen LogP contribution >= 0.6 is 0 Å². The van der Waals surface area contributed by atoms with Gasteiger partial charge in [-0.15, -0.1) is 0 Å². The first-order valence-electron chi connectivity index (χ1n) is 6.86. The highest BCUT2D eigenvalue weighted by molar-refractivity contribution is 7.89. The maximum atomic E-state index is 11.7. The molecule has 0 saturated carbocycles. The van der Waals surface area contributed by atoms with Crippen LogP contribution in [0.3, 0.4) is 0 Å². The lowest BCUT2D eigenvalue weighted by atomic mass is 10.1. The lowest BCUT2D eigenvalue weighted by Crippen LogP contribution is -2.32. The fourth-order valence-electron chi connectivity index (χ4n) is 1.75. The van der Waals surface area contributed by atoms with Crippen molar-refractivity contribution in [3.05, 3.63) is 35.9 Å². The highest BCUT2D eigenvalue weighted by atomic mass is 32.2. The smallest absolute Gasteiger partial charge is 0.212 e. The molecule has 2 N–H and O–H groups in total. The molecule has 0 saturated heterocycles. The van der Waals surface area contributed by atoms with Crippen LogP contribution in [-0.4, -0.2) is 33.8 Å². The molecule has 0 amide bonds. The van der Waals surface area contributed by atoms with Crippen LogP contribution in [0.1, 0.15) is 25.3 Å². The van der Waals surface area contributed by atoms with E-state index in [-0.39, 0.29) is 5.75 Å². The molecule has 5 heteroatoms. The van der Waals surface area contributed by atoms with Gasteiger partial charge in [-0.3, -0.25) is 0 Å². The summed E-state index contributed by atoms with van der Waals surface area (Å²) in [6.45, 7) is 3.94. The number of nitrogens with one attached hydrogen (secondary N) is 2. The molecule has 0 heterocycles. The van der Waals surface area contributed by atoms with Crippen molar-refractivity contribution in [3.63, 3.8) is 0 Å². The molecule has 0 aliphatic rings. The molecular weight excluding hydrogens is 260 g/mol. The van der Waals surface area contributed by atoms with E-state index in [0.29, 0.717) is 13.1 Å². The maximum absolute atomic E-state index is 11.7. The largest absolute Gasteiger partial charge is 0.316 e. The Bertz CT molecular complexity index is 432. The van der Waals surface area contributed by atoms with Gasteiger partial charge in [-0.1, -0.05) is 37.3 Å². The minimum absolute atomic E-state index is 0.151. The fourth-order valence-corrected chi connectivity index (χ4v) is 2.76. The van der Waals surface area contributed by atoms with Crippen LogP contribution in [0.5, 0.6) is 0 Å². The number of hydrogen-bond acceptors (Lipinski definition) is 3. The van der Waals surface area contributed by atoms with Gasteiger partial charge in [0.15, 0.2) is 0 Å². The third-order valence-corrected chi connectivity index (χ3v) is 4.17. The molecule has 0 bridgehead atoms. The van der Waals surface area contributed by atoms with Crippen molar-refractivity contribution >= 4 is 10.0 Å². The van der Waals surface area contributed by atoms with Crippen LogP contribution in [0.4, 0.5) is 0 Å². The molecule has 1 aromatic rings. The molecule has 4 nitrogen and oxygen atoms in total. The predicted molar refractivity (Wildman–Crippen MR) is 79.7 cm³/mol. The molecule has 0 fully saturated rings. The summed E-state index contributed by atoms with van der Waals surface area (Å²) >= 11 is 0. The van der Waals surface area contributed by atoms with Crippen molar-refractivity contribution in [1.29, 1.82) is 0 Å². The summed E-state index contributed by atoms with van der Waals surface area (Å²) in [6.07, 6.45) is 2.74. The molecule has 0 aliphatic heterocycles. The Kier molecular flexibility index (Phi) is 7.70. The summed E-state index contributed by atoms with van der Waals surface area (Å²) in [5, 5.41) is 3.09. The van der Waals surface area contributed by atoms with Crippen molar-refractivity contribution < 1.29 is 8.42 Å². The standard InChI is InChI=1S/C14H24N2O2S/c1-2-10-15-12-13-19(17,18)16-11-6-9-14-7-4-3-5-8-14/h3-5,7-8,15-16H,2,6,9-13H2,1H3. The van der Waals surface area contributed by atoms with Gasteiger partial charge in [0.1, 0.15) is 0 Å². The third kappa shape index (κ3) is 7.97. The number of sulfonamides is 1. The second kappa shape index (κ2) is 9.07. The minimum atomic E-state index is -3.13. The molecule has 108 valence electrons. The number of benzene rings is 1. The zero-order chi connectivity index (χ0) is 14.0. The fraction of sp³-hybridized carbons (Fsp3) is 0.571. The average molecular weight is 284 g/mol. The van der Waals surface area contributed by atoms with E-state index in [2.05, 4.69) is 29.1 Å². The van der Waals surface area contributed by atoms with Crippen LogP contribution in [0.15, 0.2) is 30.3 Å². The highest BCUT2D eigenvalue weighted by Crippen LogP contribution is 2.01. The molecule has 0 aromatic heterocycles. The summed E-state index contributed by atoms with van der Waals surface area (Å²) in [4.78, 5) is 0. The van der Waals surface area contributed by atoms with Crippen molar-refractivity contribution in [2.24, 2.45) is 0 Å². The van der Waals surface area contributed by atoms with Crippen LogP contribution < -0.4 is 10.0 Å². The van der Waals surface area contributed by atoms with Crippen molar-refractivity contribution in [2.45, 2.75) is 26.2 Å². The van der Waals surface area contributed by atoms with Crippen molar-refractivity contribution in [1.82, 2.24) is 10.0 Å². The van der Waals surface area contributed by atoms with Crippen molar-refractivity contribution in [3.8, 4) is 0 Å². The minimum Gasteiger partial charge on any atom is -0.316 e. The lowest BCUT2D eigenvalue weighted by molar-refractivity contribution is 0.574. The molecule has 0 atom stereocenters. The van der Waals surface area contributed by atoms with Gasteiger partial charge in [-0.25, -0.2) is 13.1 Å². The van der Waals surface area contributed by atoms with Crippen LogP contribution in [0.25, 0.3) is 0 Å². The Labute approximate surface area is 116 Å². The highest BCUT2D eigenvalue weighted by Gasteiger charge is 2.08. The van der Waals surface area contributed by atoms with E-state index in [1.54, 1.807) is 0 Å². The van der Waals surface area contributed by atoms with Gasteiger partial charge in [0, 0.05) is 13.1 Å². The van der Waals surface area contributed by atoms with Gasteiger partial charge in [0.2, 0.25) is 10.0 Å². The zero-order valence-corrected chi connectivity index (χ0v) is 12.4. The SMILES string of the molecule is CCCNCCS(=O)(=O)NCCCc1ccccc1. The molecule has 0 spiro atoms. The molecule has 1 rings (SSSR count). The normalized spacial score (nSPS) is 11.6. The van der Waals surface area contributed by atoms with E-state index in [0.717, 1.165) is 25.8 Å². The van der Waals surface area contributed by atoms with E-state index in [1.807, 2.05) is 18.2 Å². The van der Waals surface area contributed by atoms with E-state index in [9.17, 15) is 8.42 Å². The first-order valence-corrected chi connectivity index (χ1v) is 8.51. The summed E-state index contributed by atoms with van der Waals surface area (Å²) in [6, 6.07) is 10.1. The Balaban J connectivity index is 2.14. The van der Waals surface area contributed by atoms with E-state index >= 15 is 0 Å². The van der Waals surface area contributed by atoms with E-state index in [4.69, 9.17) is 0 Å². The second-order valence-corrected chi connectivity index (χ2v) is 6.48. The molecule has 19 heavy (non-hydrogen) atoms. The quantitative estimate of drug-likeness (QED) is 0.641. The summed E-state index contributed by atoms with van der Waals surface area (Å²) in [7, 11) is -3.13. The summed E-state index contributed by atoms with van der Waals surface area (Å²) in [5.41, 5.74) is 1.24. The topological polar surface area (TPSA) is 58.2 Å². The van der Waals surface area contributed by atoms with E-state index < -0.39 is 10.0 Å². The summed E-state index contributed by atoms with van der Waals surface area (Å²) in [5.74, 6) is 0.151. The molecule has 0 aliphatic carbocycles.